The van der Waals surface area contributed by atoms with Crippen LogP contribution in [0, 0.1) is 11.3 Å². The first-order chi connectivity index (χ1) is 13.3. The van der Waals surface area contributed by atoms with Gasteiger partial charge >= 0.3 is 0 Å². The highest BCUT2D eigenvalue weighted by molar-refractivity contribution is 5.95. The van der Waals surface area contributed by atoms with Crippen LogP contribution < -0.4 is 5.32 Å². The summed E-state index contributed by atoms with van der Waals surface area (Å²) < 4.78 is 0. The summed E-state index contributed by atoms with van der Waals surface area (Å²) in [5.74, 6) is 0.913. The van der Waals surface area contributed by atoms with E-state index < -0.39 is 0 Å². The Balaban J connectivity index is 1.26. The van der Waals surface area contributed by atoms with Gasteiger partial charge in [-0.1, -0.05) is 18.2 Å². The smallest absolute Gasteiger partial charge is 0.228 e. The van der Waals surface area contributed by atoms with Gasteiger partial charge in [-0.25, -0.2) is 0 Å². The third-order valence-electron chi connectivity index (χ3n) is 6.55. The van der Waals surface area contributed by atoms with Crippen LogP contribution >= 0.6 is 0 Å². The molecule has 1 spiro atoms. The predicted octanol–water partition coefficient (Wildman–Crippen LogP) is 4.93. The van der Waals surface area contributed by atoms with Crippen molar-refractivity contribution in [2.75, 3.05) is 5.32 Å². The molecule has 1 atom stereocenters. The van der Waals surface area contributed by atoms with Gasteiger partial charge < -0.3 is 5.32 Å². The van der Waals surface area contributed by atoms with E-state index in [4.69, 9.17) is 0 Å². The van der Waals surface area contributed by atoms with Gasteiger partial charge in [-0.15, -0.1) is 0 Å². The van der Waals surface area contributed by atoms with Gasteiger partial charge in [0, 0.05) is 35.6 Å². The van der Waals surface area contributed by atoms with Crippen LogP contribution in [0.2, 0.25) is 0 Å². The summed E-state index contributed by atoms with van der Waals surface area (Å²) >= 11 is 0. The van der Waals surface area contributed by atoms with Gasteiger partial charge in [-0.3, -0.25) is 14.8 Å². The second kappa shape index (κ2) is 6.45. The minimum atomic E-state index is 0.175. The van der Waals surface area contributed by atoms with Gasteiger partial charge in [0.25, 0.3) is 0 Å². The van der Waals surface area contributed by atoms with E-state index in [1.54, 1.807) is 6.20 Å². The van der Waals surface area contributed by atoms with E-state index in [1.165, 1.54) is 10.9 Å². The highest BCUT2D eigenvalue weighted by Crippen LogP contribution is 2.63. The summed E-state index contributed by atoms with van der Waals surface area (Å²) in [6, 6.07) is 13.9. The molecule has 4 heteroatoms. The van der Waals surface area contributed by atoms with Crippen molar-refractivity contribution in [3.05, 3.63) is 66.6 Å². The third kappa shape index (κ3) is 2.99. The topological polar surface area (TPSA) is 54.9 Å². The van der Waals surface area contributed by atoms with Crippen molar-refractivity contribution in [3.63, 3.8) is 0 Å². The van der Waals surface area contributed by atoms with E-state index in [1.807, 2.05) is 48.8 Å². The Labute approximate surface area is 159 Å². The Morgan fingerprint density at radius 1 is 1.04 bits per heavy atom. The normalized spacial score (nSPS) is 26.8. The Morgan fingerprint density at radius 2 is 1.85 bits per heavy atom. The van der Waals surface area contributed by atoms with E-state index in [-0.39, 0.29) is 17.2 Å². The van der Waals surface area contributed by atoms with Crippen molar-refractivity contribution < 1.29 is 4.79 Å². The van der Waals surface area contributed by atoms with Gasteiger partial charge in [-0.05, 0) is 73.3 Å². The van der Waals surface area contributed by atoms with Gasteiger partial charge in [0.2, 0.25) is 5.91 Å². The van der Waals surface area contributed by atoms with Crippen molar-refractivity contribution >= 4 is 22.5 Å². The van der Waals surface area contributed by atoms with Crippen LogP contribution in [0.3, 0.4) is 0 Å². The molecule has 1 aromatic carbocycles. The van der Waals surface area contributed by atoms with Crippen LogP contribution in [0.1, 0.15) is 43.6 Å². The number of hydrogen-bond donors (Lipinski definition) is 1. The summed E-state index contributed by atoms with van der Waals surface area (Å²) in [6.07, 6.45) is 11.2. The average molecular weight is 357 g/mol. The summed E-state index contributed by atoms with van der Waals surface area (Å²) in [5.41, 5.74) is 3.52. The number of para-hydroxylation sites is 1. The highest BCUT2D eigenvalue weighted by atomic mass is 16.2. The van der Waals surface area contributed by atoms with Gasteiger partial charge in [-0.2, -0.15) is 0 Å². The van der Waals surface area contributed by atoms with E-state index in [0.717, 1.165) is 43.3 Å². The van der Waals surface area contributed by atoms with E-state index in [0.29, 0.717) is 5.92 Å². The Kier molecular flexibility index (Phi) is 3.92. The minimum absolute atomic E-state index is 0.175. The number of carbonyl (C=O) groups excluding carboxylic acids is 1. The zero-order valence-electron chi connectivity index (χ0n) is 15.3. The molecule has 0 unspecified atom stereocenters. The number of nitrogens with zero attached hydrogens (tertiary/aromatic N) is 2. The third-order valence-corrected chi connectivity index (χ3v) is 6.55. The number of hydrogen-bond acceptors (Lipinski definition) is 3. The molecule has 1 N–H and O–H groups in total. The first kappa shape index (κ1) is 16.4. The first-order valence-corrected chi connectivity index (χ1v) is 9.80. The SMILES string of the molecule is O=C(Nc1ccccc1)[C@H]1CC12CCC(c1ccnc3ccncc13)CC2. The highest BCUT2D eigenvalue weighted by Gasteiger charge is 2.58. The van der Waals surface area contributed by atoms with Crippen molar-refractivity contribution in [2.45, 2.75) is 38.0 Å². The molecule has 0 bridgehead atoms. The molecule has 2 aliphatic rings. The number of fused-ring (bicyclic) bond motifs is 1. The molecule has 5 rings (SSSR count). The zero-order chi connectivity index (χ0) is 18.3. The zero-order valence-corrected chi connectivity index (χ0v) is 15.3. The van der Waals surface area contributed by atoms with Gasteiger partial charge in [0.05, 0.1) is 5.52 Å². The maximum Gasteiger partial charge on any atom is 0.228 e. The van der Waals surface area contributed by atoms with Crippen molar-refractivity contribution in [3.8, 4) is 0 Å². The second-order valence-electron chi connectivity index (χ2n) is 8.04. The molecule has 0 saturated heterocycles. The molecule has 0 radical (unpaired) electrons. The molecule has 2 aliphatic carbocycles. The van der Waals surface area contributed by atoms with Crippen molar-refractivity contribution in [1.82, 2.24) is 9.97 Å². The molecule has 3 aromatic rings. The molecular weight excluding hydrogens is 334 g/mol. The standard InChI is InChI=1S/C23H23N3O/c27-22(26-17-4-2-1-3-5-17)20-14-23(20)10-6-16(7-11-23)18-8-13-25-21-9-12-24-15-19(18)21/h1-5,8-9,12-13,15-16,20H,6-7,10-11,14H2,(H,26,27)/t16?,20-,23?/m1/s1. The maximum atomic E-state index is 12.6. The molecule has 2 heterocycles. The lowest BCUT2D eigenvalue weighted by molar-refractivity contribution is -0.118. The fourth-order valence-corrected chi connectivity index (χ4v) is 4.89. The molecule has 4 nitrogen and oxygen atoms in total. The average Bonchev–Trinajstić information content (AvgIpc) is 3.42. The summed E-state index contributed by atoms with van der Waals surface area (Å²) in [4.78, 5) is 21.4. The molecule has 2 fully saturated rings. The van der Waals surface area contributed by atoms with Crippen LogP contribution in [0.5, 0.6) is 0 Å². The molecule has 136 valence electrons. The van der Waals surface area contributed by atoms with E-state index >= 15 is 0 Å². The van der Waals surface area contributed by atoms with Crippen LogP contribution in [0.4, 0.5) is 5.69 Å². The Morgan fingerprint density at radius 3 is 2.67 bits per heavy atom. The number of pyridine rings is 2. The molecule has 1 amide bonds. The fourth-order valence-electron chi connectivity index (χ4n) is 4.89. The number of rotatable bonds is 3. The lowest BCUT2D eigenvalue weighted by Gasteiger charge is -2.30. The number of aromatic nitrogens is 2. The van der Waals surface area contributed by atoms with Crippen LogP contribution in [-0.2, 0) is 4.79 Å². The molecule has 0 aliphatic heterocycles. The number of benzene rings is 1. The Hall–Kier alpha value is -2.75. The fraction of sp³-hybridized carbons (Fsp3) is 0.348. The molecule has 2 aromatic heterocycles. The lowest BCUT2D eigenvalue weighted by atomic mass is 9.75. The summed E-state index contributed by atoms with van der Waals surface area (Å²) in [5, 5.41) is 4.26. The number of nitrogens with one attached hydrogen (secondary N) is 1. The first-order valence-electron chi connectivity index (χ1n) is 9.80. The number of anilines is 1. The van der Waals surface area contributed by atoms with Crippen LogP contribution in [0.25, 0.3) is 10.9 Å². The van der Waals surface area contributed by atoms with Crippen LogP contribution in [0.15, 0.2) is 61.1 Å². The lowest BCUT2D eigenvalue weighted by Crippen LogP contribution is -2.22. The molecular formula is C23H23N3O. The minimum Gasteiger partial charge on any atom is -0.326 e. The van der Waals surface area contributed by atoms with E-state index in [2.05, 4.69) is 21.4 Å². The van der Waals surface area contributed by atoms with Crippen molar-refractivity contribution in [1.29, 1.82) is 0 Å². The maximum absolute atomic E-state index is 12.6. The Bertz CT molecular complexity index is 972. The van der Waals surface area contributed by atoms with E-state index in [9.17, 15) is 4.79 Å². The van der Waals surface area contributed by atoms with Crippen molar-refractivity contribution in [2.24, 2.45) is 11.3 Å². The quantitative estimate of drug-likeness (QED) is 0.723. The molecule has 27 heavy (non-hydrogen) atoms. The predicted molar refractivity (Wildman–Crippen MR) is 106 cm³/mol. The second-order valence-corrected chi connectivity index (χ2v) is 8.04. The number of carbonyl (C=O) groups is 1. The molecule has 2 saturated carbocycles. The summed E-state index contributed by atoms with van der Waals surface area (Å²) in [6.45, 7) is 0. The monoisotopic (exact) mass is 357 g/mol. The number of amides is 1. The van der Waals surface area contributed by atoms with Gasteiger partial charge in [0.1, 0.15) is 0 Å². The largest absolute Gasteiger partial charge is 0.326 e. The van der Waals surface area contributed by atoms with Crippen LogP contribution in [-0.4, -0.2) is 15.9 Å². The summed E-state index contributed by atoms with van der Waals surface area (Å²) in [7, 11) is 0. The van der Waals surface area contributed by atoms with Gasteiger partial charge in [0.15, 0.2) is 0 Å².